The standard InChI is InChI=1S/C31H29F9N4O5/c1-3-21-13-25(23-12-18(29(32,33)34)5-6-24(23)44(21)28(47)48-4-2)43(27-41-14-22(15-42-27)49-8-7-26(45)46)16-17-9-19(30(35,36)37)11-20(10-17)31(38,39)40/h5-6,9-12,14-15,21,25H,3-4,7-8,13,16H2,1-2H3,(H,45,46)/t21-,25+/m1/s1. The highest BCUT2D eigenvalue weighted by molar-refractivity contribution is 5.90. The number of hydrogen-bond donors (Lipinski definition) is 1. The first kappa shape index (κ1) is 37.1. The number of nitrogens with zero attached hydrogens (tertiary/aromatic N) is 4. The molecule has 1 aliphatic rings. The molecule has 1 amide bonds. The van der Waals surface area contributed by atoms with Gasteiger partial charge in [-0.3, -0.25) is 9.69 Å². The Hall–Kier alpha value is -4.77. The van der Waals surface area contributed by atoms with Crippen LogP contribution in [0.5, 0.6) is 5.75 Å². The number of anilines is 2. The van der Waals surface area contributed by atoms with E-state index in [2.05, 4.69) is 9.97 Å². The summed E-state index contributed by atoms with van der Waals surface area (Å²) in [6.07, 6.45) is -14.3. The fraction of sp³-hybridized carbons (Fsp3) is 0.419. The number of benzene rings is 2. The molecule has 0 bridgehead atoms. The summed E-state index contributed by atoms with van der Waals surface area (Å²) in [4.78, 5) is 34.5. The highest BCUT2D eigenvalue weighted by Crippen LogP contribution is 2.46. The molecule has 3 aromatic rings. The Morgan fingerprint density at radius 1 is 0.898 bits per heavy atom. The third-order valence-electron chi connectivity index (χ3n) is 7.60. The van der Waals surface area contributed by atoms with Crippen LogP contribution in [0, 0.1) is 0 Å². The first-order valence-electron chi connectivity index (χ1n) is 14.7. The Bertz CT molecular complexity index is 1610. The van der Waals surface area contributed by atoms with Crippen LogP contribution < -0.4 is 14.5 Å². The van der Waals surface area contributed by atoms with Gasteiger partial charge < -0.3 is 19.5 Å². The SMILES string of the molecule is CCOC(=O)N1c2ccc(C(F)(F)F)cc2[C@@H](N(Cc2cc(C(F)(F)F)cc(C(F)(F)F)c2)c2ncc(OCCC(=O)O)cn2)C[C@H]1CC. The summed E-state index contributed by atoms with van der Waals surface area (Å²) in [5.41, 5.74) is -5.01. The van der Waals surface area contributed by atoms with Crippen molar-refractivity contribution in [3.63, 3.8) is 0 Å². The van der Waals surface area contributed by atoms with Crippen LogP contribution in [0.4, 0.5) is 55.9 Å². The van der Waals surface area contributed by atoms with Crippen molar-refractivity contribution in [2.75, 3.05) is 23.0 Å². The predicted octanol–water partition coefficient (Wildman–Crippen LogP) is 8.28. The number of aliphatic carboxylic acids is 1. The van der Waals surface area contributed by atoms with E-state index in [4.69, 9.17) is 14.6 Å². The molecule has 2 heterocycles. The van der Waals surface area contributed by atoms with Crippen LogP contribution in [0.2, 0.25) is 0 Å². The van der Waals surface area contributed by atoms with Gasteiger partial charge in [0.15, 0.2) is 5.75 Å². The first-order valence-corrected chi connectivity index (χ1v) is 14.7. The van der Waals surface area contributed by atoms with E-state index in [1.807, 2.05) is 0 Å². The van der Waals surface area contributed by atoms with E-state index in [-0.39, 0.29) is 61.5 Å². The van der Waals surface area contributed by atoms with Crippen molar-refractivity contribution in [2.45, 2.75) is 70.3 Å². The minimum absolute atomic E-state index is 0.0202. The molecule has 1 aliphatic heterocycles. The number of alkyl halides is 9. The molecule has 266 valence electrons. The molecule has 2 aromatic carbocycles. The maximum atomic E-state index is 14.0. The summed E-state index contributed by atoms with van der Waals surface area (Å²) in [5.74, 6) is -1.52. The summed E-state index contributed by atoms with van der Waals surface area (Å²) in [5, 5.41) is 8.85. The summed E-state index contributed by atoms with van der Waals surface area (Å²) in [7, 11) is 0. The maximum Gasteiger partial charge on any atom is 0.416 e. The van der Waals surface area contributed by atoms with Crippen LogP contribution in [0.1, 0.15) is 67.0 Å². The number of halogens is 9. The monoisotopic (exact) mass is 708 g/mol. The lowest BCUT2D eigenvalue weighted by Crippen LogP contribution is -2.48. The van der Waals surface area contributed by atoms with Gasteiger partial charge in [0.25, 0.3) is 0 Å². The molecule has 0 saturated carbocycles. The molecule has 1 N–H and O–H groups in total. The van der Waals surface area contributed by atoms with Gasteiger partial charge in [-0.25, -0.2) is 14.8 Å². The van der Waals surface area contributed by atoms with Crippen LogP contribution in [0.3, 0.4) is 0 Å². The number of amides is 1. The summed E-state index contributed by atoms with van der Waals surface area (Å²) < 4.78 is 135. The number of ether oxygens (including phenoxy) is 2. The van der Waals surface area contributed by atoms with Crippen LogP contribution in [-0.4, -0.2) is 46.4 Å². The Kier molecular flexibility index (Phi) is 10.9. The second-order valence-corrected chi connectivity index (χ2v) is 10.9. The second-order valence-electron chi connectivity index (χ2n) is 10.9. The number of fused-ring (bicyclic) bond motifs is 1. The van der Waals surface area contributed by atoms with Crippen LogP contribution in [0.25, 0.3) is 0 Å². The summed E-state index contributed by atoms with van der Waals surface area (Å²) in [6, 6.07) is 1.50. The van der Waals surface area contributed by atoms with Crippen molar-refractivity contribution in [3.8, 4) is 5.75 Å². The minimum Gasteiger partial charge on any atom is -0.490 e. The fourth-order valence-electron chi connectivity index (χ4n) is 5.40. The smallest absolute Gasteiger partial charge is 0.416 e. The lowest BCUT2D eigenvalue weighted by molar-refractivity contribution is -0.143. The molecular formula is C31H29F9N4O5. The third-order valence-corrected chi connectivity index (χ3v) is 7.60. The van der Waals surface area contributed by atoms with E-state index in [0.29, 0.717) is 12.1 Å². The minimum atomic E-state index is -5.18. The van der Waals surface area contributed by atoms with Crippen LogP contribution >= 0.6 is 0 Å². The van der Waals surface area contributed by atoms with Gasteiger partial charge in [-0.05, 0) is 67.3 Å². The number of carbonyl (C=O) groups excluding carboxylic acids is 1. The van der Waals surface area contributed by atoms with Crippen molar-refractivity contribution in [1.29, 1.82) is 0 Å². The normalized spacial score (nSPS) is 16.6. The number of carboxylic acid groups (broad SMARTS) is 1. The van der Waals surface area contributed by atoms with Crippen molar-refractivity contribution in [1.82, 2.24) is 9.97 Å². The molecule has 0 aliphatic carbocycles. The van der Waals surface area contributed by atoms with Gasteiger partial charge in [-0.2, -0.15) is 39.5 Å². The van der Waals surface area contributed by atoms with Gasteiger partial charge in [-0.15, -0.1) is 0 Å². The zero-order valence-electron chi connectivity index (χ0n) is 25.8. The number of hydrogen-bond acceptors (Lipinski definition) is 7. The second kappa shape index (κ2) is 14.4. The lowest BCUT2D eigenvalue weighted by Gasteiger charge is -2.44. The van der Waals surface area contributed by atoms with E-state index in [1.165, 1.54) is 11.8 Å². The molecule has 0 unspecified atom stereocenters. The van der Waals surface area contributed by atoms with Crippen molar-refractivity contribution in [3.05, 3.63) is 76.6 Å². The molecule has 18 heteroatoms. The zero-order chi connectivity index (χ0) is 36.3. The van der Waals surface area contributed by atoms with Gasteiger partial charge >= 0.3 is 30.6 Å². The molecule has 1 aromatic heterocycles. The average molecular weight is 709 g/mol. The highest BCUT2D eigenvalue weighted by Gasteiger charge is 2.42. The maximum absolute atomic E-state index is 14.0. The van der Waals surface area contributed by atoms with Gasteiger partial charge in [-0.1, -0.05) is 6.92 Å². The lowest BCUT2D eigenvalue weighted by atomic mass is 9.87. The number of rotatable bonds is 10. The van der Waals surface area contributed by atoms with Crippen LogP contribution in [0.15, 0.2) is 48.8 Å². The topological polar surface area (TPSA) is 105 Å². The van der Waals surface area contributed by atoms with Crippen molar-refractivity contribution < 1.29 is 63.7 Å². The summed E-state index contributed by atoms with van der Waals surface area (Å²) >= 11 is 0. The molecule has 0 spiro atoms. The Morgan fingerprint density at radius 3 is 2.00 bits per heavy atom. The molecule has 0 saturated heterocycles. The van der Waals surface area contributed by atoms with Gasteiger partial charge in [0.05, 0.1) is 60.4 Å². The quantitative estimate of drug-likeness (QED) is 0.210. The van der Waals surface area contributed by atoms with Gasteiger partial charge in [0.2, 0.25) is 5.95 Å². The van der Waals surface area contributed by atoms with E-state index >= 15 is 0 Å². The van der Waals surface area contributed by atoms with Crippen LogP contribution in [-0.2, 0) is 34.6 Å². The predicted molar refractivity (Wildman–Crippen MR) is 155 cm³/mol. The number of carboxylic acids is 1. The average Bonchev–Trinajstić information content (AvgIpc) is 3.01. The van der Waals surface area contributed by atoms with E-state index < -0.39 is 71.5 Å². The Morgan fingerprint density at radius 2 is 1.49 bits per heavy atom. The molecule has 0 radical (unpaired) electrons. The van der Waals surface area contributed by atoms with E-state index in [0.717, 1.165) is 35.5 Å². The van der Waals surface area contributed by atoms with E-state index in [9.17, 15) is 49.1 Å². The van der Waals surface area contributed by atoms with Crippen molar-refractivity contribution >= 4 is 23.7 Å². The molecule has 9 nitrogen and oxygen atoms in total. The summed E-state index contributed by atoms with van der Waals surface area (Å²) in [6.45, 7) is 2.10. The van der Waals surface area contributed by atoms with E-state index in [1.54, 1.807) is 6.92 Å². The molecule has 2 atom stereocenters. The molecule has 0 fully saturated rings. The zero-order valence-corrected chi connectivity index (χ0v) is 25.8. The molecule has 49 heavy (non-hydrogen) atoms. The number of aromatic nitrogens is 2. The van der Waals surface area contributed by atoms with Gasteiger partial charge in [0.1, 0.15) is 0 Å². The van der Waals surface area contributed by atoms with Gasteiger partial charge in [0, 0.05) is 12.6 Å². The Labute approximate surface area is 273 Å². The Balaban J connectivity index is 1.92. The first-order chi connectivity index (χ1) is 22.8. The fourth-order valence-corrected chi connectivity index (χ4v) is 5.40. The number of carbonyl (C=O) groups is 2. The van der Waals surface area contributed by atoms with Crippen molar-refractivity contribution in [2.24, 2.45) is 0 Å². The third kappa shape index (κ3) is 8.83. The largest absolute Gasteiger partial charge is 0.490 e. The molecular weight excluding hydrogens is 679 g/mol. The highest BCUT2D eigenvalue weighted by atomic mass is 19.4. The molecule has 4 rings (SSSR count).